The number of sulfonamides is 1. The first kappa shape index (κ1) is 16.0. The second-order valence-corrected chi connectivity index (χ2v) is 6.68. The van der Waals surface area contributed by atoms with Gasteiger partial charge < -0.3 is 10.5 Å². The second kappa shape index (κ2) is 5.91. The van der Waals surface area contributed by atoms with E-state index < -0.39 is 15.6 Å². The molecule has 0 atom stereocenters. The van der Waals surface area contributed by atoms with Crippen molar-refractivity contribution in [1.82, 2.24) is 9.71 Å². The van der Waals surface area contributed by atoms with Gasteiger partial charge in [0.15, 0.2) is 0 Å². The van der Waals surface area contributed by atoms with Crippen LogP contribution >= 0.6 is 12.2 Å². The van der Waals surface area contributed by atoms with Gasteiger partial charge in [0.05, 0.1) is 5.60 Å². The predicted octanol–water partition coefficient (Wildman–Crippen LogP) is 0.419. The zero-order valence-electron chi connectivity index (χ0n) is 11.0. The van der Waals surface area contributed by atoms with E-state index in [4.69, 9.17) is 22.7 Å². The number of methoxy groups -OCH3 is 1. The number of thiocarbonyl (C=S) groups is 1. The third-order valence-electron chi connectivity index (χ3n) is 2.53. The lowest BCUT2D eigenvalue weighted by molar-refractivity contribution is 0.0276. The highest BCUT2D eigenvalue weighted by molar-refractivity contribution is 7.89. The molecule has 0 aliphatic rings. The molecule has 6 nitrogen and oxygen atoms in total. The van der Waals surface area contributed by atoms with Crippen molar-refractivity contribution in [3.63, 3.8) is 0 Å². The van der Waals surface area contributed by atoms with Crippen LogP contribution in [0.4, 0.5) is 0 Å². The molecular formula is C11H17N3O3S2. The molecule has 0 amide bonds. The maximum Gasteiger partial charge on any atom is 0.242 e. The molecule has 0 aromatic carbocycles. The Hall–Kier alpha value is -1.09. The number of hydrogen-bond donors (Lipinski definition) is 2. The van der Waals surface area contributed by atoms with E-state index in [0.29, 0.717) is 0 Å². The van der Waals surface area contributed by atoms with E-state index in [-0.39, 0.29) is 22.1 Å². The van der Waals surface area contributed by atoms with Crippen molar-refractivity contribution in [2.45, 2.75) is 24.3 Å². The SMILES string of the molecule is COC(C)(C)CNS(=O)(=O)c1cccnc1C(N)=S. The first-order chi connectivity index (χ1) is 8.69. The van der Waals surface area contributed by atoms with Gasteiger partial charge >= 0.3 is 0 Å². The third-order valence-corrected chi connectivity index (χ3v) is 4.16. The van der Waals surface area contributed by atoms with E-state index in [9.17, 15) is 8.42 Å². The lowest BCUT2D eigenvalue weighted by Gasteiger charge is -2.23. The Morgan fingerprint density at radius 1 is 1.58 bits per heavy atom. The summed E-state index contributed by atoms with van der Waals surface area (Å²) in [5.74, 6) is 0. The van der Waals surface area contributed by atoms with E-state index in [1.54, 1.807) is 13.8 Å². The highest BCUT2D eigenvalue weighted by Crippen LogP contribution is 2.14. The molecule has 8 heteroatoms. The van der Waals surface area contributed by atoms with Gasteiger partial charge in [-0.05, 0) is 26.0 Å². The normalized spacial score (nSPS) is 12.4. The van der Waals surface area contributed by atoms with Gasteiger partial charge in [-0.15, -0.1) is 0 Å². The van der Waals surface area contributed by atoms with E-state index in [1.165, 1.54) is 25.4 Å². The first-order valence-electron chi connectivity index (χ1n) is 5.49. The molecule has 1 heterocycles. The van der Waals surface area contributed by atoms with Crippen molar-refractivity contribution in [1.29, 1.82) is 0 Å². The summed E-state index contributed by atoms with van der Waals surface area (Å²) in [7, 11) is -2.23. The van der Waals surface area contributed by atoms with Gasteiger partial charge in [-0.1, -0.05) is 12.2 Å². The highest BCUT2D eigenvalue weighted by Gasteiger charge is 2.24. The van der Waals surface area contributed by atoms with Crippen molar-refractivity contribution < 1.29 is 13.2 Å². The highest BCUT2D eigenvalue weighted by atomic mass is 32.2. The summed E-state index contributed by atoms with van der Waals surface area (Å²) in [4.78, 5) is 3.80. The summed E-state index contributed by atoms with van der Waals surface area (Å²) >= 11 is 4.80. The molecule has 0 saturated heterocycles. The molecule has 0 fully saturated rings. The summed E-state index contributed by atoms with van der Waals surface area (Å²) in [5.41, 5.74) is 4.94. The predicted molar refractivity (Wildman–Crippen MR) is 76.4 cm³/mol. The largest absolute Gasteiger partial charge is 0.388 e. The molecule has 19 heavy (non-hydrogen) atoms. The zero-order chi connectivity index (χ0) is 14.7. The Kier molecular flexibility index (Phi) is 4.97. The van der Waals surface area contributed by atoms with Gasteiger partial charge in [0, 0.05) is 19.9 Å². The van der Waals surface area contributed by atoms with Crippen molar-refractivity contribution in [2.75, 3.05) is 13.7 Å². The van der Waals surface area contributed by atoms with Crippen LogP contribution in [0, 0.1) is 0 Å². The maximum absolute atomic E-state index is 12.2. The Bertz CT molecular complexity index is 570. The molecule has 1 aromatic heterocycles. The van der Waals surface area contributed by atoms with Gasteiger partial charge in [0.25, 0.3) is 0 Å². The minimum atomic E-state index is -3.74. The van der Waals surface area contributed by atoms with Crippen LogP contribution in [0.1, 0.15) is 19.5 Å². The van der Waals surface area contributed by atoms with Crippen LogP contribution in [0.5, 0.6) is 0 Å². The van der Waals surface area contributed by atoms with Crippen LogP contribution in [-0.2, 0) is 14.8 Å². The van der Waals surface area contributed by atoms with Crippen molar-refractivity contribution in [2.24, 2.45) is 5.73 Å². The van der Waals surface area contributed by atoms with Crippen molar-refractivity contribution in [3.05, 3.63) is 24.0 Å². The van der Waals surface area contributed by atoms with E-state index in [0.717, 1.165) is 0 Å². The number of nitrogens with zero attached hydrogens (tertiary/aromatic N) is 1. The second-order valence-electron chi connectivity index (χ2n) is 4.50. The van der Waals surface area contributed by atoms with Crippen molar-refractivity contribution in [3.8, 4) is 0 Å². The number of pyridine rings is 1. The molecular weight excluding hydrogens is 286 g/mol. The Labute approximate surface area is 118 Å². The summed E-state index contributed by atoms with van der Waals surface area (Å²) < 4.78 is 32.0. The molecule has 1 aromatic rings. The number of hydrogen-bond acceptors (Lipinski definition) is 5. The third kappa shape index (κ3) is 4.20. The Balaban J connectivity index is 3.05. The van der Waals surface area contributed by atoms with E-state index in [1.807, 2.05) is 0 Å². The fourth-order valence-corrected chi connectivity index (χ4v) is 2.81. The minimum Gasteiger partial charge on any atom is -0.388 e. The monoisotopic (exact) mass is 303 g/mol. The topological polar surface area (TPSA) is 94.3 Å². The minimum absolute atomic E-state index is 0.0330. The molecule has 0 spiro atoms. The number of rotatable bonds is 6. The molecule has 1 rings (SSSR count). The summed E-state index contributed by atoms with van der Waals surface area (Å²) in [6.45, 7) is 3.66. The fourth-order valence-electron chi connectivity index (χ4n) is 1.21. The molecule has 0 bridgehead atoms. The maximum atomic E-state index is 12.2. The summed E-state index contributed by atoms with van der Waals surface area (Å²) in [6.07, 6.45) is 1.44. The van der Waals surface area contributed by atoms with Crippen LogP contribution in [0.3, 0.4) is 0 Å². The van der Waals surface area contributed by atoms with Crippen LogP contribution in [0.2, 0.25) is 0 Å². The smallest absolute Gasteiger partial charge is 0.242 e. The molecule has 3 N–H and O–H groups in total. The first-order valence-corrected chi connectivity index (χ1v) is 7.38. The molecule has 0 aliphatic heterocycles. The van der Waals surface area contributed by atoms with Crippen molar-refractivity contribution >= 4 is 27.2 Å². The standard InChI is InChI=1S/C11H17N3O3S2/c1-11(2,17-3)7-14-19(15,16)8-5-4-6-13-9(8)10(12)18/h4-6,14H,7H2,1-3H3,(H2,12,18). The fraction of sp³-hybridized carbons (Fsp3) is 0.455. The van der Waals surface area contributed by atoms with Gasteiger partial charge in [-0.2, -0.15) is 0 Å². The number of nitrogens with one attached hydrogen (secondary N) is 1. The number of aromatic nitrogens is 1. The molecule has 0 aliphatic carbocycles. The molecule has 0 saturated carbocycles. The van der Waals surface area contributed by atoms with Crippen LogP contribution in [0.15, 0.2) is 23.2 Å². The van der Waals surface area contributed by atoms with Gasteiger partial charge in [0.2, 0.25) is 10.0 Å². The average molecular weight is 303 g/mol. The van der Waals surface area contributed by atoms with Gasteiger partial charge in [-0.25, -0.2) is 13.1 Å². The summed E-state index contributed by atoms with van der Waals surface area (Å²) in [5, 5.41) is 0. The Morgan fingerprint density at radius 2 is 2.21 bits per heavy atom. The zero-order valence-corrected chi connectivity index (χ0v) is 12.6. The van der Waals surface area contributed by atoms with Crippen LogP contribution in [-0.4, -0.2) is 37.6 Å². The van der Waals surface area contributed by atoms with Gasteiger partial charge in [-0.3, -0.25) is 4.98 Å². The average Bonchev–Trinajstić information content (AvgIpc) is 2.37. The lowest BCUT2D eigenvalue weighted by atomic mass is 10.1. The van der Waals surface area contributed by atoms with E-state index in [2.05, 4.69) is 9.71 Å². The quantitative estimate of drug-likeness (QED) is 0.740. The number of nitrogens with two attached hydrogens (primary N) is 1. The number of ether oxygens (including phenoxy) is 1. The van der Waals surface area contributed by atoms with E-state index >= 15 is 0 Å². The molecule has 0 radical (unpaired) electrons. The lowest BCUT2D eigenvalue weighted by Crippen LogP contribution is -2.40. The van der Waals surface area contributed by atoms with Gasteiger partial charge in [0.1, 0.15) is 15.6 Å². The van der Waals surface area contributed by atoms with Crippen LogP contribution < -0.4 is 10.5 Å². The summed E-state index contributed by atoms with van der Waals surface area (Å²) in [6, 6.07) is 2.92. The molecule has 0 unspecified atom stereocenters. The van der Waals surface area contributed by atoms with Crippen LogP contribution in [0.25, 0.3) is 0 Å². The Morgan fingerprint density at radius 3 is 2.74 bits per heavy atom. The molecule has 106 valence electrons.